The molecule has 1 heterocycles. The molecule has 1 saturated heterocycles. The molecule has 16 aliphatic carbocycles. The molecule has 17 nitrogen and oxygen atoms in total. The van der Waals surface area contributed by atoms with Crippen molar-refractivity contribution in [2.75, 3.05) is 19.8 Å². The van der Waals surface area contributed by atoms with E-state index in [1.165, 1.54) is 64.2 Å². The lowest BCUT2D eigenvalue weighted by Crippen LogP contribution is -2.61. The SMILES string of the molecule is C=C(C)C(=O)OC12CC3CC(CC(C3)C1CC)C2.CCC(C)(C)C(=O)OC1(CC)C2CC3CC(C2)CC1C3.CCC(C)(C)C(=O)OC12CC3CC(CC(O)(C3)C1)C2.CCC(C)(C)C(=O)OC1CCOC1=O.CCC(C)(C)C(=O)OCC(=O)OCC(=O)OC1(C)C2CC3CC(C2)CC1C3. The van der Waals surface area contributed by atoms with Crippen LogP contribution >= 0.6 is 0 Å². The zero-order valence-corrected chi connectivity index (χ0v) is 63.3. The van der Waals surface area contributed by atoms with Gasteiger partial charge in [-0.05, 0) is 313 Å². The zero-order valence-electron chi connectivity index (χ0n) is 63.3. The first kappa shape index (κ1) is 77.6. The fourth-order valence-electron chi connectivity index (χ4n) is 21.4. The van der Waals surface area contributed by atoms with Crippen LogP contribution in [-0.4, -0.2) is 107 Å². The van der Waals surface area contributed by atoms with Gasteiger partial charge in [0.25, 0.3) is 0 Å². The van der Waals surface area contributed by atoms with Crippen molar-refractivity contribution >= 4 is 47.8 Å². The number of aliphatic hydroxyl groups is 1. The van der Waals surface area contributed by atoms with Gasteiger partial charge in [0, 0.05) is 24.3 Å². The second-order valence-electron chi connectivity index (χ2n) is 36.6. The minimum Gasteiger partial charge on any atom is -0.463 e. The van der Waals surface area contributed by atoms with Gasteiger partial charge in [0.15, 0.2) is 13.2 Å². The molecule has 98 heavy (non-hydrogen) atoms. The van der Waals surface area contributed by atoms with Gasteiger partial charge in [-0.1, -0.05) is 48.1 Å². The first-order chi connectivity index (χ1) is 45.8. The number of esters is 8. The lowest BCUT2D eigenvalue weighted by Gasteiger charge is -2.60. The van der Waals surface area contributed by atoms with Crippen molar-refractivity contribution in [1.82, 2.24) is 0 Å². The highest BCUT2D eigenvalue weighted by Crippen LogP contribution is 2.64. The second kappa shape index (κ2) is 30.0. The van der Waals surface area contributed by atoms with E-state index in [-0.39, 0.29) is 46.1 Å². The van der Waals surface area contributed by atoms with Gasteiger partial charge in [0.1, 0.15) is 22.4 Å². The topological polar surface area (TPSA) is 231 Å². The number of ether oxygens (including phenoxy) is 8. The van der Waals surface area contributed by atoms with Crippen LogP contribution in [0.15, 0.2) is 12.2 Å². The minimum absolute atomic E-state index is 0.0364. The Kier molecular flexibility index (Phi) is 23.8. The monoisotopic (exact) mass is 1370 g/mol. The summed E-state index contributed by atoms with van der Waals surface area (Å²) in [5.41, 5.74) is -2.99. The fraction of sp³-hybridized carbons (Fsp3) is 0.877. The molecule has 17 aliphatic rings. The van der Waals surface area contributed by atoms with Gasteiger partial charge in [0.05, 0.1) is 33.9 Å². The van der Waals surface area contributed by atoms with Crippen LogP contribution in [0.4, 0.5) is 0 Å². The smallest absolute Gasteiger partial charge is 0.347 e. The Bertz CT molecular complexity index is 2830. The van der Waals surface area contributed by atoms with E-state index < -0.39 is 70.6 Å². The van der Waals surface area contributed by atoms with E-state index in [4.69, 9.17) is 37.9 Å². The summed E-state index contributed by atoms with van der Waals surface area (Å²) in [5.74, 6) is 7.01. The van der Waals surface area contributed by atoms with Gasteiger partial charge in [-0.25, -0.2) is 19.2 Å². The zero-order chi connectivity index (χ0) is 71.9. The van der Waals surface area contributed by atoms with Crippen LogP contribution in [-0.2, 0) is 76.3 Å². The van der Waals surface area contributed by atoms with Crippen molar-refractivity contribution in [2.45, 2.75) is 325 Å². The van der Waals surface area contributed by atoms with Crippen molar-refractivity contribution in [2.24, 2.45) is 105 Å². The number of cyclic esters (lactones) is 1. The summed E-state index contributed by atoms with van der Waals surface area (Å²) in [6, 6.07) is 0. The Balaban J connectivity index is 0.000000146. The largest absolute Gasteiger partial charge is 0.463 e. The van der Waals surface area contributed by atoms with E-state index in [1.54, 1.807) is 34.6 Å². The molecule has 17 rings (SSSR count). The molecule has 6 atom stereocenters. The van der Waals surface area contributed by atoms with Crippen molar-refractivity contribution in [1.29, 1.82) is 0 Å². The van der Waals surface area contributed by atoms with Crippen LogP contribution in [0.25, 0.3) is 0 Å². The van der Waals surface area contributed by atoms with E-state index in [9.17, 15) is 43.5 Å². The number of rotatable bonds is 20. The molecule has 1 aliphatic heterocycles. The molecule has 0 aromatic carbocycles. The Morgan fingerprint density at radius 3 is 1.39 bits per heavy atom. The van der Waals surface area contributed by atoms with Gasteiger partial charge in [0.2, 0.25) is 6.10 Å². The molecule has 0 amide bonds. The van der Waals surface area contributed by atoms with Crippen LogP contribution in [0, 0.1) is 105 Å². The highest BCUT2D eigenvalue weighted by molar-refractivity contribution is 5.87. The normalized spacial score (nSPS) is 38.2. The average Bonchev–Trinajstić information content (AvgIpc) is 0.921. The number of carbonyl (C=O) groups excluding carboxylic acids is 8. The van der Waals surface area contributed by atoms with Crippen LogP contribution in [0.1, 0.15) is 291 Å². The van der Waals surface area contributed by atoms with E-state index in [0.29, 0.717) is 79.3 Å². The van der Waals surface area contributed by atoms with E-state index in [0.717, 1.165) is 131 Å². The molecule has 554 valence electrons. The highest BCUT2D eigenvalue weighted by Gasteiger charge is 2.63. The molecule has 16 bridgehead atoms. The lowest BCUT2D eigenvalue weighted by atomic mass is 9.49. The van der Waals surface area contributed by atoms with Crippen LogP contribution in [0.5, 0.6) is 0 Å². The van der Waals surface area contributed by atoms with Gasteiger partial charge in [-0.15, -0.1) is 0 Å². The predicted molar refractivity (Wildman–Crippen MR) is 371 cm³/mol. The van der Waals surface area contributed by atoms with Gasteiger partial charge < -0.3 is 43.0 Å². The summed E-state index contributed by atoms with van der Waals surface area (Å²) >= 11 is 0. The van der Waals surface area contributed by atoms with Crippen molar-refractivity contribution in [3.05, 3.63) is 12.2 Å². The van der Waals surface area contributed by atoms with Crippen LogP contribution < -0.4 is 0 Å². The molecule has 0 aromatic heterocycles. The average molecular weight is 1370 g/mol. The molecule has 0 aromatic rings. The molecular formula is C81H128O17. The Labute approximate surface area is 587 Å². The van der Waals surface area contributed by atoms with Gasteiger partial charge in [-0.2, -0.15) is 0 Å². The quantitative estimate of drug-likeness (QED) is 0.0678. The molecule has 6 unspecified atom stereocenters. The van der Waals surface area contributed by atoms with Crippen molar-refractivity contribution in [3.63, 3.8) is 0 Å². The molecule has 0 spiro atoms. The summed E-state index contributed by atoms with van der Waals surface area (Å²) in [4.78, 5) is 95.5. The third kappa shape index (κ3) is 16.9. The first-order valence-electron chi connectivity index (χ1n) is 38.8. The maximum atomic E-state index is 12.6. The standard InChI is InChI=1S/C21H32O6.C18H30O2.C16H26O3.C16H24O2.C10H16O4/c1-5-20(2,3)19(24)26-11-17(22)25-12-18(23)27-21(4)15-7-13-6-14(9-15)10-16(21)8-13;1-5-17(3,4)16(19)20-18(6-2)14-8-12-7-13(10-14)11-15(18)9-12;1-4-14(2,3)13(17)19-16-8-11-5-12(9-16)7-15(18,6-11)10-16;1-4-14-13-6-11-5-12(7-13)9-16(14,8-11)18-15(17)10(2)3;1-4-10(2,3)9(12)14-7-5-6-13-8(7)11/h13-16H,5-12H2,1-4H3;12-15H,5-11H2,1-4H3;11-12,18H,4-10H2,1-3H3;11-14H,2,4-9H2,1,3H3;7H,4-6H2,1-3H3. The van der Waals surface area contributed by atoms with E-state index in [2.05, 4.69) is 34.3 Å². The maximum absolute atomic E-state index is 12.6. The fourth-order valence-corrected chi connectivity index (χ4v) is 21.4. The third-order valence-electron chi connectivity index (χ3n) is 27.8. The molecule has 16 saturated carbocycles. The number of hydrogen-bond acceptors (Lipinski definition) is 17. The Morgan fingerprint density at radius 2 is 0.949 bits per heavy atom. The van der Waals surface area contributed by atoms with E-state index in [1.807, 2.05) is 48.5 Å². The van der Waals surface area contributed by atoms with Crippen LogP contribution in [0.2, 0.25) is 0 Å². The molecular weight excluding hydrogens is 1240 g/mol. The summed E-state index contributed by atoms with van der Waals surface area (Å²) < 4.78 is 43.8. The second-order valence-corrected chi connectivity index (χ2v) is 36.6. The predicted octanol–water partition coefficient (Wildman–Crippen LogP) is 15.9. The summed E-state index contributed by atoms with van der Waals surface area (Å²) in [7, 11) is 0. The van der Waals surface area contributed by atoms with E-state index >= 15 is 0 Å². The highest BCUT2D eigenvalue weighted by atomic mass is 16.6. The number of carbonyl (C=O) groups is 8. The maximum Gasteiger partial charge on any atom is 0.347 e. The minimum atomic E-state index is -0.734. The Morgan fingerprint density at radius 1 is 0.510 bits per heavy atom. The summed E-state index contributed by atoms with van der Waals surface area (Å²) in [6.45, 7) is 34.4. The number of hydrogen-bond donors (Lipinski definition) is 1. The first-order valence-corrected chi connectivity index (χ1v) is 38.8. The third-order valence-corrected chi connectivity index (χ3v) is 27.8. The summed E-state index contributed by atoms with van der Waals surface area (Å²) in [6.07, 6.45) is 29.4. The van der Waals surface area contributed by atoms with Gasteiger partial charge in [-0.3, -0.25) is 19.2 Å². The molecule has 1 N–H and O–H groups in total. The molecule has 17 fully saturated rings. The van der Waals surface area contributed by atoms with Crippen molar-refractivity contribution in [3.8, 4) is 0 Å². The molecule has 17 heteroatoms. The Hall–Kier alpha value is -4.54. The molecule has 0 radical (unpaired) electrons. The van der Waals surface area contributed by atoms with Crippen molar-refractivity contribution < 1.29 is 81.4 Å². The van der Waals surface area contributed by atoms with Gasteiger partial charge >= 0.3 is 47.8 Å². The summed E-state index contributed by atoms with van der Waals surface area (Å²) in [5, 5.41) is 10.6. The lowest BCUT2D eigenvalue weighted by molar-refractivity contribution is -0.225. The van der Waals surface area contributed by atoms with Crippen LogP contribution in [0.3, 0.4) is 0 Å².